The van der Waals surface area contributed by atoms with Crippen LogP contribution in [0.2, 0.25) is 0 Å². The zero-order valence-corrected chi connectivity index (χ0v) is 10.3. The molecule has 6 heteroatoms. The molecule has 4 N–H and O–H groups in total. The first kappa shape index (κ1) is 12.2. The van der Waals surface area contributed by atoms with Gasteiger partial charge in [0.25, 0.3) is 0 Å². The Morgan fingerprint density at radius 3 is 2.80 bits per heavy atom. The van der Waals surface area contributed by atoms with E-state index in [1.54, 1.807) is 0 Å². The molecule has 1 aromatic heterocycles. The number of aliphatic hydroxyl groups excluding tert-OH is 1. The third kappa shape index (κ3) is 3.04. The van der Waals surface area contributed by atoms with E-state index in [2.05, 4.69) is 31.2 Å². The average Bonchev–Trinajstić information content (AvgIpc) is 2.23. The summed E-state index contributed by atoms with van der Waals surface area (Å²) in [5.41, 5.74) is 5.62. The minimum Gasteiger partial charge on any atom is -0.396 e. The molecule has 84 valence electrons. The zero-order valence-electron chi connectivity index (χ0n) is 8.74. The Balaban J connectivity index is 2.76. The number of halogens is 1. The van der Waals surface area contributed by atoms with E-state index >= 15 is 0 Å². The van der Waals surface area contributed by atoms with Crippen molar-refractivity contribution in [3.63, 3.8) is 0 Å². The van der Waals surface area contributed by atoms with E-state index in [4.69, 9.17) is 10.8 Å². The molecule has 0 fully saturated rings. The van der Waals surface area contributed by atoms with Crippen LogP contribution in [0, 0.1) is 5.92 Å². The molecule has 2 unspecified atom stereocenters. The van der Waals surface area contributed by atoms with E-state index in [0.29, 0.717) is 16.1 Å². The van der Waals surface area contributed by atoms with Crippen LogP contribution in [0.4, 0.5) is 11.6 Å². The summed E-state index contributed by atoms with van der Waals surface area (Å²) in [7, 11) is 0. The van der Waals surface area contributed by atoms with Crippen LogP contribution < -0.4 is 11.1 Å². The number of nitrogens with one attached hydrogen (secondary N) is 1. The van der Waals surface area contributed by atoms with Crippen LogP contribution in [0.25, 0.3) is 0 Å². The second-order valence-electron chi connectivity index (χ2n) is 3.51. The summed E-state index contributed by atoms with van der Waals surface area (Å²) < 4.78 is 0.655. The van der Waals surface area contributed by atoms with E-state index in [-0.39, 0.29) is 18.6 Å². The van der Waals surface area contributed by atoms with E-state index in [0.717, 1.165) is 0 Å². The summed E-state index contributed by atoms with van der Waals surface area (Å²) in [5, 5.41) is 12.2. The highest BCUT2D eigenvalue weighted by Crippen LogP contribution is 2.25. The lowest BCUT2D eigenvalue weighted by atomic mass is 10.1. The lowest BCUT2D eigenvalue weighted by Crippen LogP contribution is -2.27. The van der Waals surface area contributed by atoms with Crippen molar-refractivity contribution in [2.45, 2.75) is 19.9 Å². The second kappa shape index (κ2) is 5.27. The molecule has 0 aromatic carbocycles. The fraction of sp³-hybridized carbons (Fsp3) is 0.556. The molecule has 1 aromatic rings. The van der Waals surface area contributed by atoms with E-state index in [9.17, 15) is 0 Å². The minimum atomic E-state index is 0.112. The largest absolute Gasteiger partial charge is 0.396 e. The number of aliphatic hydroxyl groups is 1. The summed E-state index contributed by atoms with van der Waals surface area (Å²) >= 11 is 3.30. The monoisotopic (exact) mass is 274 g/mol. The first-order valence-electron chi connectivity index (χ1n) is 4.69. The second-order valence-corrected chi connectivity index (χ2v) is 4.31. The number of anilines is 2. The van der Waals surface area contributed by atoms with Gasteiger partial charge in [0.05, 0.1) is 0 Å². The number of aromatic nitrogens is 2. The number of nitrogens with two attached hydrogens (primary N) is 1. The smallest absolute Gasteiger partial charge is 0.146 e. The topological polar surface area (TPSA) is 84.1 Å². The van der Waals surface area contributed by atoms with Crippen LogP contribution in [0.15, 0.2) is 10.8 Å². The number of nitrogen functional groups attached to an aromatic ring is 1. The van der Waals surface area contributed by atoms with Crippen LogP contribution in [-0.4, -0.2) is 27.7 Å². The van der Waals surface area contributed by atoms with Gasteiger partial charge in [-0.2, -0.15) is 0 Å². The number of nitrogens with zero attached hydrogens (tertiary/aromatic N) is 2. The molecule has 1 heterocycles. The summed E-state index contributed by atoms with van der Waals surface area (Å²) in [6, 6.07) is 0.112. The Labute approximate surface area is 97.2 Å². The number of hydrogen-bond donors (Lipinski definition) is 3. The predicted octanol–water partition coefficient (Wildman–Crippen LogP) is 1.25. The summed E-state index contributed by atoms with van der Waals surface area (Å²) in [5.74, 6) is 1.19. The molecule has 0 spiro atoms. The molecule has 15 heavy (non-hydrogen) atoms. The SMILES string of the molecule is CC(CO)C(C)Nc1ncnc(N)c1Br. The predicted molar refractivity (Wildman–Crippen MR) is 63.5 cm³/mol. The highest BCUT2D eigenvalue weighted by Gasteiger charge is 2.14. The van der Waals surface area contributed by atoms with Crippen molar-refractivity contribution in [2.75, 3.05) is 17.7 Å². The van der Waals surface area contributed by atoms with Gasteiger partial charge >= 0.3 is 0 Å². The van der Waals surface area contributed by atoms with Crippen LogP contribution >= 0.6 is 15.9 Å². The van der Waals surface area contributed by atoms with Gasteiger partial charge in [-0.25, -0.2) is 9.97 Å². The lowest BCUT2D eigenvalue weighted by Gasteiger charge is -2.20. The normalized spacial score (nSPS) is 14.7. The first-order chi connectivity index (χ1) is 7.06. The summed E-state index contributed by atoms with van der Waals surface area (Å²) in [6.45, 7) is 4.06. The molecular weight excluding hydrogens is 260 g/mol. The molecule has 2 atom stereocenters. The van der Waals surface area contributed by atoms with Crippen molar-refractivity contribution in [1.82, 2.24) is 9.97 Å². The molecule has 0 aliphatic heterocycles. The van der Waals surface area contributed by atoms with Gasteiger partial charge < -0.3 is 16.2 Å². The van der Waals surface area contributed by atoms with Crippen molar-refractivity contribution in [3.05, 3.63) is 10.8 Å². The van der Waals surface area contributed by atoms with Crippen LogP contribution in [0.5, 0.6) is 0 Å². The first-order valence-corrected chi connectivity index (χ1v) is 5.49. The van der Waals surface area contributed by atoms with Gasteiger partial charge in [0.2, 0.25) is 0 Å². The van der Waals surface area contributed by atoms with Gasteiger partial charge in [0, 0.05) is 12.6 Å². The molecule has 0 radical (unpaired) electrons. The highest BCUT2D eigenvalue weighted by atomic mass is 79.9. The number of rotatable bonds is 4. The molecule has 0 aliphatic carbocycles. The Kier molecular flexibility index (Phi) is 4.28. The fourth-order valence-corrected chi connectivity index (χ4v) is 1.32. The van der Waals surface area contributed by atoms with Gasteiger partial charge in [0.15, 0.2) is 0 Å². The van der Waals surface area contributed by atoms with Gasteiger partial charge in [-0.15, -0.1) is 0 Å². The third-order valence-corrected chi connectivity index (χ3v) is 3.10. The maximum Gasteiger partial charge on any atom is 0.146 e. The number of hydrogen-bond acceptors (Lipinski definition) is 5. The van der Waals surface area contributed by atoms with Crippen molar-refractivity contribution in [2.24, 2.45) is 5.92 Å². The average molecular weight is 275 g/mol. The van der Waals surface area contributed by atoms with Crippen molar-refractivity contribution >= 4 is 27.6 Å². The molecule has 0 amide bonds. The highest BCUT2D eigenvalue weighted by molar-refractivity contribution is 9.10. The van der Waals surface area contributed by atoms with E-state index in [1.165, 1.54) is 6.33 Å². The van der Waals surface area contributed by atoms with Crippen molar-refractivity contribution in [1.29, 1.82) is 0 Å². The quantitative estimate of drug-likeness (QED) is 0.770. The molecule has 0 bridgehead atoms. The molecule has 0 aliphatic rings. The minimum absolute atomic E-state index is 0.112. The summed E-state index contributed by atoms with van der Waals surface area (Å²) in [6.07, 6.45) is 1.40. The molecule has 5 nitrogen and oxygen atoms in total. The van der Waals surface area contributed by atoms with E-state index < -0.39 is 0 Å². The zero-order chi connectivity index (χ0) is 11.4. The Bertz CT molecular complexity index is 334. The Morgan fingerprint density at radius 2 is 2.20 bits per heavy atom. The lowest BCUT2D eigenvalue weighted by molar-refractivity contribution is 0.226. The van der Waals surface area contributed by atoms with Crippen LogP contribution in [0.1, 0.15) is 13.8 Å². The van der Waals surface area contributed by atoms with Gasteiger partial charge in [-0.1, -0.05) is 6.92 Å². The fourth-order valence-electron chi connectivity index (χ4n) is 1.00. The van der Waals surface area contributed by atoms with Gasteiger partial charge in [-0.3, -0.25) is 0 Å². The third-order valence-electron chi connectivity index (χ3n) is 2.32. The molecular formula is C9H15BrN4O. The van der Waals surface area contributed by atoms with Crippen molar-refractivity contribution < 1.29 is 5.11 Å². The van der Waals surface area contributed by atoms with Crippen molar-refractivity contribution in [3.8, 4) is 0 Å². The van der Waals surface area contributed by atoms with Gasteiger partial charge in [0.1, 0.15) is 22.4 Å². The molecule has 0 saturated heterocycles. The standard InChI is InChI=1S/C9H15BrN4O/c1-5(3-15)6(2)14-9-7(10)8(11)12-4-13-9/h4-6,15H,3H2,1-2H3,(H3,11,12,13,14). The van der Waals surface area contributed by atoms with Crippen LogP contribution in [0.3, 0.4) is 0 Å². The molecule has 0 saturated carbocycles. The molecule has 1 rings (SSSR count). The van der Waals surface area contributed by atoms with Crippen LogP contribution in [-0.2, 0) is 0 Å². The van der Waals surface area contributed by atoms with Gasteiger partial charge in [-0.05, 0) is 28.8 Å². The van der Waals surface area contributed by atoms with E-state index in [1.807, 2.05) is 13.8 Å². The summed E-state index contributed by atoms with van der Waals surface area (Å²) in [4.78, 5) is 7.91. The Morgan fingerprint density at radius 1 is 1.53 bits per heavy atom. The maximum atomic E-state index is 9.00. The Hall–Kier alpha value is -0.880. The maximum absolute atomic E-state index is 9.00.